The number of ether oxygens (including phenoxy) is 2. The molecule has 0 saturated heterocycles. The molecule has 0 spiro atoms. The smallest absolute Gasteiger partial charge is 0.343 e. The monoisotopic (exact) mass is 214 g/mol. The molecule has 0 saturated carbocycles. The van der Waals surface area contributed by atoms with E-state index < -0.39 is 12.0 Å². The van der Waals surface area contributed by atoms with E-state index in [9.17, 15) is 9.59 Å². The number of aliphatic imine (C=N–C) groups is 1. The molecular weight excluding hydrogens is 200 g/mol. The first-order valence-electron chi connectivity index (χ1n) is 4.23. The maximum Gasteiger partial charge on any atom is 0.343 e. The van der Waals surface area contributed by atoms with Gasteiger partial charge in [-0.3, -0.25) is 0 Å². The van der Waals surface area contributed by atoms with E-state index in [0.29, 0.717) is 5.57 Å². The van der Waals surface area contributed by atoms with Crippen molar-refractivity contribution in [2.45, 2.75) is 6.92 Å². The number of carbonyl (C=O) groups excluding carboxylic acids is 2. The Morgan fingerprint density at radius 2 is 2.20 bits per heavy atom. The van der Waals surface area contributed by atoms with Crippen LogP contribution in [0.1, 0.15) is 6.92 Å². The molecule has 0 heterocycles. The van der Waals surface area contributed by atoms with Crippen LogP contribution in [0.2, 0.25) is 0 Å². The molecular formula is C9H14N2O4. The van der Waals surface area contributed by atoms with E-state index >= 15 is 0 Å². The number of methoxy groups -OCH3 is 1. The summed E-state index contributed by atoms with van der Waals surface area (Å²) in [5.74, 6) is -0.482. The van der Waals surface area contributed by atoms with Gasteiger partial charge in [0, 0.05) is 5.57 Å². The normalized spacial score (nSPS) is 9.73. The molecule has 2 amide bonds. The van der Waals surface area contributed by atoms with Gasteiger partial charge in [0.2, 0.25) is 0 Å². The maximum atomic E-state index is 10.9. The van der Waals surface area contributed by atoms with E-state index in [4.69, 9.17) is 4.74 Å². The van der Waals surface area contributed by atoms with Crippen LogP contribution in [0.5, 0.6) is 0 Å². The van der Waals surface area contributed by atoms with Crippen molar-refractivity contribution in [3.63, 3.8) is 0 Å². The summed E-state index contributed by atoms with van der Waals surface area (Å²) in [5, 5.41) is 2.39. The Labute approximate surface area is 88.0 Å². The molecule has 0 radical (unpaired) electrons. The molecule has 0 aliphatic heterocycles. The van der Waals surface area contributed by atoms with E-state index in [1.54, 1.807) is 6.92 Å². The average Bonchev–Trinajstić information content (AvgIpc) is 2.20. The van der Waals surface area contributed by atoms with E-state index in [0.717, 1.165) is 6.40 Å². The Hall–Kier alpha value is -1.85. The summed E-state index contributed by atoms with van der Waals surface area (Å²) in [4.78, 5) is 25.0. The first kappa shape index (κ1) is 13.2. The lowest BCUT2D eigenvalue weighted by Crippen LogP contribution is -2.25. The third-order valence-electron chi connectivity index (χ3n) is 1.24. The van der Waals surface area contributed by atoms with Crippen molar-refractivity contribution >= 4 is 18.4 Å². The van der Waals surface area contributed by atoms with E-state index in [1.165, 1.54) is 7.11 Å². The largest absolute Gasteiger partial charge is 0.486 e. The molecule has 0 aliphatic rings. The fourth-order valence-electron chi connectivity index (χ4n) is 0.571. The number of hydrogen-bond donors (Lipinski definition) is 1. The van der Waals surface area contributed by atoms with Gasteiger partial charge in [0.25, 0.3) is 0 Å². The standard InChI is InChI=1S/C9H14N2O4/c1-7(2)8(12)15-5-4-10-9(13)11-6-14-3/h6H,1,4-5H2,2-3H3,(H,10,13). The third-order valence-corrected chi connectivity index (χ3v) is 1.24. The number of amides is 2. The van der Waals surface area contributed by atoms with Crippen LogP contribution in [0.4, 0.5) is 4.79 Å². The van der Waals surface area contributed by atoms with Crippen LogP contribution < -0.4 is 5.32 Å². The minimum absolute atomic E-state index is 0.0833. The van der Waals surface area contributed by atoms with E-state index in [2.05, 4.69) is 21.6 Å². The summed E-state index contributed by atoms with van der Waals surface area (Å²) in [6, 6.07) is -0.553. The van der Waals surface area contributed by atoms with Crippen LogP contribution in [0.3, 0.4) is 0 Å². The highest BCUT2D eigenvalue weighted by Gasteiger charge is 2.02. The minimum Gasteiger partial charge on any atom is -0.486 e. The molecule has 6 heteroatoms. The highest BCUT2D eigenvalue weighted by molar-refractivity contribution is 5.87. The molecule has 0 unspecified atom stereocenters. The Morgan fingerprint density at radius 3 is 2.73 bits per heavy atom. The van der Waals surface area contributed by atoms with Crippen molar-refractivity contribution in [1.29, 1.82) is 0 Å². The van der Waals surface area contributed by atoms with Crippen LogP contribution in [0.25, 0.3) is 0 Å². The molecule has 0 aromatic rings. The van der Waals surface area contributed by atoms with Gasteiger partial charge in [-0.15, -0.1) is 0 Å². The molecule has 0 rings (SSSR count). The quantitative estimate of drug-likeness (QED) is 0.237. The van der Waals surface area contributed by atoms with Gasteiger partial charge in [-0.2, -0.15) is 4.99 Å². The summed E-state index contributed by atoms with van der Waals surface area (Å²) >= 11 is 0. The summed E-state index contributed by atoms with van der Waals surface area (Å²) in [6.07, 6.45) is 1.01. The number of hydrogen-bond acceptors (Lipinski definition) is 4. The molecule has 0 fully saturated rings. The molecule has 0 aromatic carbocycles. The molecule has 1 N–H and O–H groups in total. The molecule has 0 bridgehead atoms. The molecule has 15 heavy (non-hydrogen) atoms. The number of nitrogens with zero attached hydrogens (tertiary/aromatic N) is 1. The van der Waals surface area contributed by atoms with E-state index in [-0.39, 0.29) is 13.2 Å². The predicted molar refractivity (Wildman–Crippen MR) is 54.7 cm³/mol. The molecule has 6 nitrogen and oxygen atoms in total. The Bertz CT molecular complexity index is 273. The lowest BCUT2D eigenvalue weighted by molar-refractivity contribution is -0.138. The van der Waals surface area contributed by atoms with Gasteiger partial charge in [0.15, 0.2) is 6.40 Å². The summed E-state index contributed by atoms with van der Waals surface area (Å²) < 4.78 is 9.16. The highest BCUT2D eigenvalue weighted by Crippen LogP contribution is 1.90. The number of urea groups is 1. The number of carbonyl (C=O) groups is 2. The lowest BCUT2D eigenvalue weighted by Gasteiger charge is -2.03. The van der Waals surface area contributed by atoms with Crippen LogP contribution >= 0.6 is 0 Å². The topological polar surface area (TPSA) is 77.0 Å². The average molecular weight is 214 g/mol. The molecule has 0 aromatic heterocycles. The van der Waals surface area contributed by atoms with Gasteiger partial charge in [-0.1, -0.05) is 6.58 Å². The van der Waals surface area contributed by atoms with Gasteiger partial charge < -0.3 is 14.8 Å². The zero-order chi connectivity index (χ0) is 11.7. The zero-order valence-electron chi connectivity index (χ0n) is 8.78. The van der Waals surface area contributed by atoms with Gasteiger partial charge in [0.1, 0.15) is 6.61 Å². The van der Waals surface area contributed by atoms with Crippen LogP contribution in [0.15, 0.2) is 17.1 Å². The lowest BCUT2D eigenvalue weighted by atomic mass is 10.4. The first-order valence-corrected chi connectivity index (χ1v) is 4.23. The Kier molecular flexibility index (Phi) is 6.61. The SMILES string of the molecule is C=C(C)C(=O)OCCNC(=O)N=COC. The number of esters is 1. The Balaban J connectivity index is 3.55. The second-order valence-electron chi connectivity index (χ2n) is 2.62. The van der Waals surface area contributed by atoms with Gasteiger partial charge in [-0.25, -0.2) is 9.59 Å². The third kappa shape index (κ3) is 7.24. The highest BCUT2D eigenvalue weighted by atomic mass is 16.5. The van der Waals surface area contributed by atoms with E-state index in [1.807, 2.05) is 0 Å². The van der Waals surface area contributed by atoms with Crippen LogP contribution in [-0.2, 0) is 14.3 Å². The van der Waals surface area contributed by atoms with Crippen LogP contribution in [0, 0.1) is 0 Å². The maximum absolute atomic E-state index is 10.9. The van der Waals surface area contributed by atoms with Crippen molar-refractivity contribution in [1.82, 2.24) is 5.32 Å². The van der Waals surface area contributed by atoms with Gasteiger partial charge in [0.05, 0.1) is 13.7 Å². The summed E-state index contributed by atoms with van der Waals surface area (Å²) in [6.45, 7) is 5.23. The first-order chi connectivity index (χ1) is 7.07. The predicted octanol–water partition coefficient (Wildman–Crippen LogP) is 0.490. The molecule has 84 valence electrons. The van der Waals surface area contributed by atoms with Crippen molar-refractivity contribution in [2.24, 2.45) is 4.99 Å². The summed E-state index contributed by atoms with van der Waals surface area (Å²) in [5.41, 5.74) is 0.318. The second-order valence-corrected chi connectivity index (χ2v) is 2.62. The number of nitrogens with one attached hydrogen (secondary N) is 1. The molecule has 0 atom stereocenters. The number of rotatable bonds is 5. The Morgan fingerprint density at radius 1 is 1.53 bits per heavy atom. The second kappa shape index (κ2) is 7.54. The fraction of sp³-hybridized carbons (Fsp3) is 0.444. The minimum atomic E-state index is -0.553. The van der Waals surface area contributed by atoms with Crippen molar-refractivity contribution in [3.05, 3.63) is 12.2 Å². The van der Waals surface area contributed by atoms with Gasteiger partial charge in [-0.05, 0) is 6.92 Å². The van der Waals surface area contributed by atoms with Crippen molar-refractivity contribution in [3.8, 4) is 0 Å². The fourth-order valence-corrected chi connectivity index (χ4v) is 0.571. The molecule has 0 aliphatic carbocycles. The van der Waals surface area contributed by atoms with Crippen LogP contribution in [-0.4, -0.2) is 38.7 Å². The summed E-state index contributed by atoms with van der Waals surface area (Å²) in [7, 11) is 1.38. The van der Waals surface area contributed by atoms with Crippen molar-refractivity contribution in [2.75, 3.05) is 20.3 Å². The van der Waals surface area contributed by atoms with Crippen molar-refractivity contribution < 1.29 is 19.1 Å². The zero-order valence-corrected chi connectivity index (χ0v) is 8.78. The van der Waals surface area contributed by atoms with Gasteiger partial charge >= 0.3 is 12.0 Å².